The highest BCUT2D eigenvalue weighted by Crippen LogP contribution is 2.28. The number of alkyl halides is 3. The molecule has 9 heteroatoms. The Morgan fingerprint density at radius 3 is 2.52 bits per heavy atom. The van der Waals surface area contributed by atoms with Crippen molar-refractivity contribution < 1.29 is 22.8 Å². The fourth-order valence-electron chi connectivity index (χ4n) is 2.76. The number of amides is 1. The van der Waals surface area contributed by atoms with Crippen LogP contribution in [0.15, 0.2) is 54.7 Å². The number of carbonyl (C=O) groups excluding carboxylic acids is 2. The van der Waals surface area contributed by atoms with Crippen LogP contribution in [-0.2, 0) is 17.4 Å². The van der Waals surface area contributed by atoms with Crippen molar-refractivity contribution in [1.82, 2.24) is 20.1 Å². The molecule has 0 saturated carbocycles. The molecular formula is C20H17F3N4O2. The minimum absolute atomic E-state index is 0.0574. The molecule has 0 aliphatic carbocycles. The quantitative estimate of drug-likeness (QED) is 0.643. The molecule has 6 nitrogen and oxygen atoms in total. The first-order valence-corrected chi connectivity index (χ1v) is 8.68. The van der Waals surface area contributed by atoms with E-state index in [0.29, 0.717) is 24.6 Å². The van der Waals surface area contributed by atoms with Crippen LogP contribution < -0.4 is 5.32 Å². The molecule has 0 aliphatic rings. The van der Waals surface area contributed by atoms with Gasteiger partial charge in [0.25, 0.3) is 5.91 Å². The van der Waals surface area contributed by atoms with Crippen molar-refractivity contribution in [2.24, 2.45) is 0 Å². The highest BCUT2D eigenvalue weighted by atomic mass is 19.4. The van der Waals surface area contributed by atoms with Crippen molar-refractivity contribution in [3.63, 3.8) is 0 Å². The first-order chi connectivity index (χ1) is 13.8. The van der Waals surface area contributed by atoms with Crippen LogP contribution in [0.5, 0.6) is 0 Å². The molecule has 0 spiro atoms. The van der Waals surface area contributed by atoms with Gasteiger partial charge < -0.3 is 10.1 Å². The molecule has 2 aromatic heterocycles. The normalized spacial score (nSPS) is 12.4. The van der Waals surface area contributed by atoms with Crippen LogP contribution in [0, 0.1) is 6.92 Å². The van der Waals surface area contributed by atoms with Gasteiger partial charge >= 0.3 is 6.18 Å². The van der Waals surface area contributed by atoms with Crippen LogP contribution in [0.2, 0.25) is 0 Å². The molecule has 1 N–H and O–H groups in total. The molecule has 2 heterocycles. The van der Waals surface area contributed by atoms with Crippen molar-refractivity contribution in [1.29, 1.82) is 0 Å². The van der Waals surface area contributed by atoms with Gasteiger partial charge in [-0.05, 0) is 37.1 Å². The molecule has 1 aromatic carbocycles. The molecule has 29 heavy (non-hydrogen) atoms. The van der Waals surface area contributed by atoms with E-state index >= 15 is 0 Å². The summed E-state index contributed by atoms with van der Waals surface area (Å²) in [5.41, 5.74) is 0.510. The third kappa shape index (κ3) is 4.87. The number of carbonyl (C=O) groups is 2. The molecular weight excluding hydrogens is 385 g/mol. The smallest absolute Gasteiger partial charge is 0.341 e. The summed E-state index contributed by atoms with van der Waals surface area (Å²) < 4.78 is 39.4. The van der Waals surface area contributed by atoms with E-state index in [2.05, 4.69) is 15.4 Å². The summed E-state index contributed by atoms with van der Waals surface area (Å²) in [5, 5.41) is 6.75. The highest BCUT2D eigenvalue weighted by molar-refractivity contribution is 5.94. The van der Waals surface area contributed by atoms with Gasteiger partial charge in [0.2, 0.25) is 0 Å². The third-order valence-corrected chi connectivity index (χ3v) is 4.14. The Hall–Kier alpha value is -3.49. The summed E-state index contributed by atoms with van der Waals surface area (Å²) in [6, 6.07) is 11.9. The lowest BCUT2D eigenvalue weighted by Crippen LogP contribution is -2.38. The van der Waals surface area contributed by atoms with Crippen molar-refractivity contribution >= 4 is 12.2 Å². The Labute approximate surface area is 164 Å². The zero-order chi connectivity index (χ0) is 21.0. The molecule has 0 bridgehead atoms. The van der Waals surface area contributed by atoms with Crippen molar-refractivity contribution in [3.05, 3.63) is 77.2 Å². The van der Waals surface area contributed by atoms with E-state index in [-0.39, 0.29) is 11.5 Å². The summed E-state index contributed by atoms with van der Waals surface area (Å²) in [4.78, 5) is 27.9. The number of aryl methyl sites for hydroxylation is 1. The topological polar surface area (TPSA) is 76.9 Å². The van der Waals surface area contributed by atoms with E-state index in [1.54, 1.807) is 6.92 Å². The lowest BCUT2D eigenvalue weighted by molar-refractivity contribution is -0.137. The predicted octanol–water partition coefficient (Wildman–Crippen LogP) is 3.13. The Balaban J connectivity index is 1.82. The van der Waals surface area contributed by atoms with Crippen LogP contribution >= 0.6 is 0 Å². The first kappa shape index (κ1) is 20.2. The minimum atomic E-state index is -4.51. The SMILES string of the molecule is Cc1cc(C(=O)NC(C=O)Cc2ccccc2)n(-c2ccc(C(F)(F)F)cn2)n1. The van der Waals surface area contributed by atoms with Gasteiger partial charge in [-0.25, -0.2) is 9.67 Å². The van der Waals surface area contributed by atoms with Crippen LogP contribution in [0.25, 0.3) is 5.82 Å². The predicted molar refractivity (Wildman–Crippen MR) is 98.6 cm³/mol. The Morgan fingerprint density at radius 2 is 1.93 bits per heavy atom. The molecule has 0 fully saturated rings. The van der Waals surface area contributed by atoms with Crippen molar-refractivity contribution in [2.75, 3.05) is 0 Å². The number of hydrogen-bond acceptors (Lipinski definition) is 4. The number of nitrogens with one attached hydrogen (secondary N) is 1. The number of halogens is 3. The fraction of sp³-hybridized carbons (Fsp3) is 0.200. The molecule has 150 valence electrons. The number of rotatable bonds is 6. The number of pyridine rings is 1. The second-order valence-electron chi connectivity index (χ2n) is 6.39. The number of nitrogens with zero attached hydrogens (tertiary/aromatic N) is 3. The summed E-state index contributed by atoms with van der Waals surface area (Å²) in [7, 11) is 0. The molecule has 3 aromatic rings. The van der Waals surface area contributed by atoms with E-state index < -0.39 is 23.7 Å². The number of hydrogen-bond donors (Lipinski definition) is 1. The second kappa shape index (κ2) is 8.26. The summed E-state index contributed by atoms with van der Waals surface area (Å²) in [6.45, 7) is 1.64. The number of aromatic nitrogens is 3. The molecule has 1 amide bonds. The largest absolute Gasteiger partial charge is 0.417 e. The van der Waals surface area contributed by atoms with Crippen LogP contribution in [0.3, 0.4) is 0 Å². The van der Waals surface area contributed by atoms with Gasteiger partial charge in [-0.2, -0.15) is 18.3 Å². The maximum atomic E-state index is 12.7. The summed E-state index contributed by atoms with van der Waals surface area (Å²) in [5.74, 6) is -0.526. The van der Waals surface area contributed by atoms with Gasteiger partial charge in [-0.1, -0.05) is 30.3 Å². The zero-order valence-electron chi connectivity index (χ0n) is 15.3. The van der Waals surface area contributed by atoms with E-state index in [9.17, 15) is 22.8 Å². The van der Waals surface area contributed by atoms with Gasteiger partial charge in [-0.15, -0.1) is 0 Å². The molecule has 0 radical (unpaired) electrons. The monoisotopic (exact) mass is 402 g/mol. The van der Waals surface area contributed by atoms with Crippen LogP contribution in [-0.4, -0.2) is 33.0 Å². The van der Waals surface area contributed by atoms with E-state index in [0.717, 1.165) is 22.4 Å². The first-order valence-electron chi connectivity index (χ1n) is 8.68. The Kier molecular flexibility index (Phi) is 5.76. The average Bonchev–Trinajstić information content (AvgIpc) is 3.09. The van der Waals surface area contributed by atoms with Crippen molar-refractivity contribution in [2.45, 2.75) is 25.6 Å². The molecule has 0 aliphatic heterocycles. The maximum absolute atomic E-state index is 12.7. The highest BCUT2D eigenvalue weighted by Gasteiger charge is 2.31. The summed E-state index contributed by atoms with van der Waals surface area (Å²) >= 11 is 0. The minimum Gasteiger partial charge on any atom is -0.341 e. The molecule has 1 unspecified atom stereocenters. The number of aldehydes is 1. The van der Waals surface area contributed by atoms with Gasteiger partial charge in [0, 0.05) is 6.20 Å². The van der Waals surface area contributed by atoms with Gasteiger partial charge in [0.15, 0.2) is 5.82 Å². The van der Waals surface area contributed by atoms with Crippen LogP contribution in [0.4, 0.5) is 13.2 Å². The van der Waals surface area contributed by atoms with Gasteiger partial charge in [0.05, 0.1) is 17.3 Å². The van der Waals surface area contributed by atoms with Crippen molar-refractivity contribution in [3.8, 4) is 5.82 Å². The summed E-state index contributed by atoms with van der Waals surface area (Å²) in [6.07, 6.45) is -2.89. The lowest BCUT2D eigenvalue weighted by Gasteiger charge is -2.14. The van der Waals surface area contributed by atoms with Gasteiger partial charge in [-0.3, -0.25) is 4.79 Å². The maximum Gasteiger partial charge on any atom is 0.417 e. The fourth-order valence-corrected chi connectivity index (χ4v) is 2.76. The van der Waals surface area contributed by atoms with E-state index in [4.69, 9.17) is 0 Å². The third-order valence-electron chi connectivity index (χ3n) is 4.14. The number of benzene rings is 1. The Bertz CT molecular complexity index is 999. The lowest BCUT2D eigenvalue weighted by atomic mass is 10.1. The molecule has 1 atom stereocenters. The van der Waals surface area contributed by atoms with Gasteiger partial charge in [0.1, 0.15) is 12.0 Å². The molecule has 0 saturated heterocycles. The standard InChI is InChI=1S/C20H17F3N4O2/c1-13-9-17(19(29)25-16(12-28)10-14-5-3-2-4-6-14)27(26-13)18-8-7-15(11-24-18)20(21,22)23/h2-9,11-12,16H,10H2,1H3,(H,25,29). The average molecular weight is 402 g/mol. The van der Waals surface area contributed by atoms with E-state index in [1.165, 1.54) is 6.07 Å². The Morgan fingerprint density at radius 1 is 1.21 bits per heavy atom. The van der Waals surface area contributed by atoms with Crippen LogP contribution in [0.1, 0.15) is 27.3 Å². The molecule has 3 rings (SSSR count). The zero-order valence-corrected chi connectivity index (χ0v) is 15.3. The second-order valence-corrected chi connectivity index (χ2v) is 6.39. The van der Waals surface area contributed by atoms with E-state index in [1.807, 2.05) is 30.3 Å².